The summed E-state index contributed by atoms with van der Waals surface area (Å²) < 4.78 is 23.6. The molecule has 0 spiro atoms. The van der Waals surface area contributed by atoms with E-state index < -0.39 is 9.84 Å². The minimum Gasteiger partial charge on any atom is -0.298 e. The predicted octanol–water partition coefficient (Wildman–Crippen LogP) is 2.29. The highest BCUT2D eigenvalue weighted by atomic mass is 35.5. The number of alkyl halides is 1. The second kappa shape index (κ2) is 6.95. The number of halogens is 1. The van der Waals surface area contributed by atoms with Crippen molar-refractivity contribution in [1.29, 1.82) is 0 Å². The van der Waals surface area contributed by atoms with E-state index in [2.05, 4.69) is 4.90 Å². The molecular formula is C12H24ClNO2S. The van der Waals surface area contributed by atoms with Gasteiger partial charge >= 0.3 is 0 Å². The second-order valence-electron chi connectivity index (χ2n) is 5.08. The van der Waals surface area contributed by atoms with Gasteiger partial charge in [0, 0.05) is 25.0 Å². The van der Waals surface area contributed by atoms with Crippen molar-refractivity contribution in [2.45, 2.75) is 50.8 Å². The molecule has 0 amide bonds. The number of sulfone groups is 1. The number of hydrogen-bond acceptors (Lipinski definition) is 3. The summed E-state index contributed by atoms with van der Waals surface area (Å²) in [4.78, 5) is 2.26. The monoisotopic (exact) mass is 281 g/mol. The zero-order valence-electron chi connectivity index (χ0n) is 10.9. The van der Waals surface area contributed by atoms with Gasteiger partial charge < -0.3 is 0 Å². The summed E-state index contributed by atoms with van der Waals surface area (Å²) in [5, 5.41) is -0.274. The Morgan fingerprint density at radius 1 is 1.24 bits per heavy atom. The van der Waals surface area contributed by atoms with Gasteiger partial charge in [-0.25, -0.2) is 8.42 Å². The Morgan fingerprint density at radius 2 is 1.82 bits per heavy atom. The first-order valence-electron chi connectivity index (χ1n) is 6.49. The summed E-state index contributed by atoms with van der Waals surface area (Å²) in [5.41, 5.74) is 0. The summed E-state index contributed by atoms with van der Waals surface area (Å²) in [7, 11) is -2.93. The molecule has 0 unspecified atom stereocenters. The van der Waals surface area contributed by atoms with Gasteiger partial charge in [-0.15, -0.1) is 11.6 Å². The van der Waals surface area contributed by atoms with Crippen LogP contribution in [0.1, 0.15) is 39.5 Å². The van der Waals surface area contributed by atoms with Crippen molar-refractivity contribution in [1.82, 2.24) is 4.90 Å². The highest BCUT2D eigenvalue weighted by Gasteiger charge is 2.24. The average molecular weight is 282 g/mol. The summed E-state index contributed by atoms with van der Waals surface area (Å²) in [5.74, 6) is 0.844. The SMILES string of the molecule is CC(C)S(=O)(=O)CCN(CCCl)C1CCCC1. The molecule has 17 heavy (non-hydrogen) atoms. The highest BCUT2D eigenvalue weighted by molar-refractivity contribution is 7.92. The van der Waals surface area contributed by atoms with Crippen molar-refractivity contribution in [3.63, 3.8) is 0 Å². The van der Waals surface area contributed by atoms with E-state index in [0.717, 1.165) is 6.54 Å². The molecule has 1 aliphatic carbocycles. The Bertz CT molecular complexity index is 310. The smallest absolute Gasteiger partial charge is 0.153 e. The normalized spacial score (nSPS) is 18.4. The van der Waals surface area contributed by atoms with Gasteiger partial charge in [-0.2, -0.15) is 0 Å². The Kier molecular flexibility index (Phi) is 6.24. The Balaban J connectivity index is 2.49. The fourth-order valence-corrected chi connectivity index (χ4v) is 3.51. The maximum absolute atomic E-state index is 11.8. The third kappa shape index (κ3) is 4.76. The molecule has 0 heterocycles. The Morgan fingerprint density at radius 3 is 2.29 bits per heavy atom. The minimum absolute atomic E-state index is 0.262. The largest absolute Gasteiger partial charge is 0.298 e. The van der Waals surface area contributed by atoms with Crippen LogP contribution >= 0.6 is 11.6 Å². The molecule has 0 aromatic heterocycles. The standard InChI is InChI=1S/C12H24ClNO2S/c1-11(2)17(15,16)10-9-14(8-7-13)12-5-3-4-6-12/h11-12H,3-10H2,1-2H3. The van der Waals surface area contributed by atoms with Crippen molar-refractivity contribution in [3.8, 4) is 0 Å². The topological polar surface area (TPSA) is 37.4 Å². The first-order chi connectivity index (χ1) is 7.97. The van der Waals surface area contributed by atoms with Crippen molar-refractivity contribution in [2.75, 3.05) is 24.7 Å². The van der Waals surface area contributed by atoms with Crippen LogP contribution in [0.2, 0.25) is 0 Å². The van der Waals surface area contributed by atoms with E-state index >= 15 is 0 Å². The van der Waals surface area contributed by atoms with Gasteiger partial charge in [-0.05, 0) is 26.7 Å². The van der Waals surface area contributed by atoms with Crippen molar-refractivity contribution < 1.29 is 8.42 Å². The number of hydrogen-bond donors (Lipinski definition) is 0. The molecule has 0 aliphatic heterocycles. The molecule has 0 saturated heterocycles. The van der Waals surface area contributed by atoms with E-state index in [1.165, 1.54) is 25.7 Å². The molecule has 0 N–H and O–H groups in total. The lowest BCUT2D eigenvalue weighted by Gasteiger charge is -2.28. The van der Waals surface area contributed by atoms with E-state index in [-0.39, 0.29) is 11.0 Å². The van der Waals surface area contributed by atoms with Crippen LogP contribution < -0.4 is 0 Å². The molecule has 5 heteroatoms. The minimum atomic E-state index is -2.93. The maximum Gasteiger partial charge on any atom is 0.153 e. The van der Waals surface area contributed by atoms with Crippen LogP contribution in [-0.2, 0) is 9.84 Å². The van der Waals surface area contributed by atoms with Gasteiger partial charge in [0.25, 0.3) is 0 Å². The summed E-state index contributed by atoms with van der Waals surface area (Å²) >= 11 is 5.80. The molecule has 0 radical (unpaired) electrons. The van der Waals surface area contributed by atoms with Crippen LogP contribution in [0.5, 0.6) is 0 Å². The fraction of sp³-hybridized carbons (Fsp3) is 1.00. The summed E-state index contributed by atoms with van der Waals surface area (Å²) in [6, 6.07) is 0.552. The highest BCUT2D eigenvalue weighted by Crippen LogP contribution is 2.23. The first kappa shape index (κ1) is 15.3. The zero-order chi connectivity index (χ0) is 12.9. The summed E-state index contributed by atoms with van der Waals surface area (Å²) in [6.07, 6.45) is 4.91. The summed E-state index contributed by atoms with van der Waals surface area (Å²) in [6.45, 7) is 4.94. The van der Waals surface area contributed by atoms with Gasteiger partial charge in [-0.3, -0.25) is 4.90 Å². The van der Waals surface area contributed by atoms with Gasteiger partial charge in [-0.1, -0.05) is 12.8 Å². The van der Waals surface area contributed by atoms with Gasteiger partial charge in [0.2, 0.25) is 0 Å². The van der Waals surface area contributed by atoms with Crippen LogP contribution in [0, 0.1) is 0 Å². The molecule has 0 atom stereocenters. The van der Waals surface area contributed by atoms with Gasteiger partial charge in [0.1, 0.15) is 0 Å². The third-order valence-electron chi connectivity index (χ3n) is 3.59. The molecular weight excluding hydrogens is 258 g/mol. The molecule has 1 rings (SSSR count). The van der Waals surface area contributed by atoms with Crippen LogP contribution in [0.3, 0.4) is 0 Å². The fourth-order valence-electron chi connectivity index (χ4n) is 2.34. The molecule has 1 fully saturated rings. The van der Waals surface area contributed by atoms with E-state index in [0.29, 0.717) is 18.5 Å². The predicted molar refractivity (Wildman–Crippen MR) is 73.5 cm³/mol. The number of rotatable bonds is 7. The van der Waals surface area contributed by atoms with E-state index in [4.69, 9.17) is 11.6 Å². The Labute approximate surface area is 110 Å². The van der Waals surface area contributed by atoms with Crippen LogP contribution in [0.25, 0.3) is 0 Å². The lowest BCUT2D eigenvalue weighted by molar-refractivity contribution is 0.222. The lowest BCUT2D eigenvalue weighted by Crippen LogP contribution is -2.39. The molecule has 1 aliphatic rings. The van der Waals surface area contributed by atoms with Crippen molar-refractivity contribution >= 4 is 21.4 Å². The van der Waals surface area contributed by atoms with E-state index in [1.54, 1.807) is 13.8 Å². The molecule has 3 nitrogen and oxygen atoms in total. The first-order valence-corrected chi connectivity index (χ1v) is 8.74. The molecule has 0 bridgehead atoms. The maximum atomic E-state index is 11.8. The average Bonchev–Trinajstić information content (AvgIpc) is 2.77. The van der Waals surface area contributed by atoms with Crippen LogP contribution in [-0.4, -0.2) is 49.3 Å². The van der Waals surface area contributed by atoms with Crippen molar-refractivity contribution in [3.05, 3.63) is 0 Å². The molecule has 102 valence electrons. The molecule has 1 saturated carbocycles. The quantitative estimate of drug-likeness (QED) is 0.672. The van der Waals surface area contributed by atoms with Gasteiger partial charge in [0.15, 0.2) is 9.84 Å². The lowest BCUT2D eigenvalue weighted by atomic mass is 10.2. The van der Waals surface area contributed by atoms with Crippen molar-refractivity contribution in [2.24, 2.45) is 0 Å². The van der Waals surface area contributed by atoms with Crippen LogP contribution in [0.4, 0.5) is 0 Å². The third-order valence-corrected chi connectivity index (χ3v) is 5.95. The Hall–Kier alpha value is 0.200. The molecule has 0 aromatic carbocycles. The van der Waals surface area contributed by atoms with E-state index in [1.807, 2.05) is 0 Å². The van der Waals surface area contributed by atoms with Crippen LogP contribution in [0.15, 0.2) is 0 Å². The zero-order valence-corrected chi connectivity index (χ0v) is 12.4. The number of nitrogens with zero attached hydrogens (tertiary/aromatic N) is 1. The van der Waals surface area contributed by atoms with Gasteiger partial charge in [0.05, 0.1) is 11.0 Å². The second-order valence-corrected chi connectivity index (χ2v) is 8.13. The van der Waals surface area contributed by atoms with E-state index in [9.17, 15) is 8.42 Å². The molecule has 0 aromatic rings.